The zero-order chi connectivity index (χ0) is 18.2. The molecule has 0 amide bonds. The standard InChI is InChI=1S/C19H16ClNO4/c1-23-12-19(22)25-17-7-6-13(9-18(17)24-2)8-15(11-21)14-4-3-5-16(20)10-14/h3-10H,12H2,1-2H3/b15-8-. The summed E-state index contributed by atoms with van der Waals surface area (Å²) in [6, 6.07) is 14.2. The molecule has 25 heavy (non-hydrogen) atoms. The Morgan fingerprint density at radius 1 is 1.20 bits per heavy atom. The van der Waals surface area contributed by atoms with E-state index in [2.05, 4.69) is 6.07 Å². The lowest BCUT2D eigenvalue weighted by atomic mass is 10.0. The summed E-state index contributed by atoms with van der Waals surface area (Å²) in [6.07, 6.45) is 1.70. The summed E-state index contributed by atoms with van der Waals surface area (Å²) < 4.78 is 15.2. The van der Waals surface area contributed by atoms with Crippen LogP contribution in [-0.4, -0.2) is 26.8 Å². The summed E-state index contributed by atoms with van der Waals surface area (Å²) in [5, 5.41) is 9.97. The molecule has 0 N–H and O–H groups in total. The van der Waals surface area contributed by atoms with Crippen LogP contribution in [0.5, 0.6) is 11.5 Å². The third-order valence-electron chi connectivity index (χ3n) is 3.24. The van der Waals surface area contributed by atoms with Crippen LogP contribution in [0.1, 0.15) is 11.1 Å². The maximum absolute atomic E-state index is 11.5. The number of carbonyl (C=O) groups is 1. The van der Waals surface area contributed by atoms with Gasteiger partial charge in [0.05, 0.1) is 18.8 Å². The smallest absolute Gasteiger partial charge is 0.337 e. The summed E-state index contributed by atoms with van der Waals surface area (Å²) in [5.41, 5.74) is 1.89. The van der Waals surface area contributed by atoms with E-state index in [0.717, 1.165) is 5.56 Å². The molecule has 2 rings (SSSR count). The predicted molar refractivity (Wildman–Crippen MR) is 95.4 cm³/mol. The van der Waals surface area contributed by atoms with E-state index in [1.165, 1.54) is 14.2 Å². The first-order chi connectivity index (χ1) is 12.1. The minimum Gasteiger partial charge on any atom is -0.493 e. The van der Waals surface area contributed by atoms with Gasteiger partial charge in [-0.15, -0.1) is 0 Å². The number of benzene rings is 2. The van der Waals surface area contributed by atoms with Gasteiger partial charge in [-0.1, -0.05) is 29.8 Å². The molecule has 0 aromatic heterocycles. The van der Waals surface area contributed by atoms with Crippen molar-refractivity contribution in [3.8, 4) is 17.6 Å². The fourth-order valence-corrected chi connectivity index (χ4v) is 2.32. The number of nitrogens with zero attached hydrogens (tertiary/aromatic N) is 1. The first-order valence-electron chi connectivity index (χ1n) is 7.32. The molecule has 2 aromatic carbocycles. The highest BCUT2D eigenvalue weighted by molar-refractivity contribution is 6.30. The Kier molecular flexibility index (Phi) is 6.58. The van der Waals surface area contributed by atoms with E-state index in [9.17, 15) is 10.1 Å². The van der Waals surface area contributed by atoms with Gasteiger partial charge < -0.3 is 14.2 Å². The summed E-state index contributed by atoms with van der Waals surface area (Å²) in [4.78, 5) is 11.5. The van der Waals surface area contributed by atoms with Crippen LogP contribution in [0, 0.1) is 11.3 Å². The van der Waals surface area contributed by atoms with Gasteiger partial charge in [0.1, 0.15) is 6.61 Å². The van der Waals surface area contributed by atoms with E-state index >= 15 is 0 Å². The van der Waals surface area contributed by atoms with Crippen molar-refractivity contribution in [3.05, 3.63) is 58.6 Å². The van der Waals surface area contributed by atoms with Crippen LogP contribution < -0.4 is 9.47 Å². The van der Waals surface area contributed by atoms with Gasteiger partial charge in [-0.3, -0.25) is 0 Å². The van der Waals surface area contributed by atoms with Crippen molar-refractivity contribution in [2.45, 2.75) is 0 Å². The molecule has 5 nitrogen and oxygen atoms in total. The maximum Gasteiger partial charge on any atom is 0.337 e. The number of nitriles is 1. The molecule has 2 aromatic rings. The SMILES string of the molecule is COCC(=O)Oc1ccc(/C=C(/C#N)c2cccc(Cl)c2)cc1OC. The highest BCUT2D eigenvalue weighted by atomic mass is 35.5. The van der Waals surface area contributed by atoms with Crippen LogP contribution >= 0.6 is 11.6 Å². The van der Waals surface area contributed by atoms with E-state index in [0.29, 0.717) is 21.9 Å². The first-order valence-corrected chi connectivity index (χ1v) is 7.70. The molecule has 0 aliphatic rings. The average molecular weight is 358 g/mol. The van der Waals surface area contributed by atoms with Crippen molar-refractivity contribution < 1.29 is 19.0 Å². The van der Waals surface area contributed by atoms with Gasteiger partial charge >= 0.3 is 5.97 Å². The molecule has 0 aliphatic heterocycles. The molecular weight excluding hydrogens is 342 g/mol. The zero-order valence-electron chi connectivity index (χ0n) is 13.8. The molecule has 0 atom stereocenters. The fourth-order valence-electron chi connectivity index (χ4n) is 2.13. The number of hydrogen-bond donors (Lipinski definition) is 0. The molecule has 0 heterocycles. The summed E-state index contributed by atoms with van der Waals surface area (Å²) in [5.74, 6) is 0.130. The summed E-state index contributed by atoms with van der Waals surface area (Å²) in [6.45, 7) is -0.155. The molecule has 0 bridgehead atoms. The molecular formula is C19H16ClNO4. The maximum atomic E-state index is 11.5. The Hall–Kier alpha value is -2.81. The van der Waals surface area contributed by atoms with E-state index < -0.39 is 5.97 Å². The van der Waals surface area contributed by atoms with Crippen LogP contribution in [0.25, 0.3) is 11.6 Å². The lowest BCUT2D eigenvalue weighted by molar-refractivity contribution is -0.138. The minimum absolute atomic E-state index is 0.155. The number of methoxy groups -OCH3 is 2. The Morgan fingerprint density at radius 3 is 2.64 bits per heavy atom. The van der Waals surface area contributed by atoms with Crippen molar-refractivity contribution in [3.63, 3.8) is 0 Å². The van der Waals surface area contributed by atoms with Crippen LogP contribution in [0.3, 0.4) is 0 Å². The Morgan fingerprint density at radius 2 is 2.00 bits per heavy atom. The van der Waals surface area contributed by atoms with Crippen molar-refractivity contribution in [2.75, 3.05) is 20.8 Å². The van der Waals surface area contributed by atoms with Gasteiger partial charge in [0, 0.05) is 12.1 Å². The molecule has 0 spiro atoms. The highest BCUT2D eigenvalue weighted by Gasteiger charge is 2.11. The Balaban J connectivity index is 2.33. The number of allylic oxidation sites excluding steroid dienone is 1. The topological polar surface area (TPSA) is 68.5 Å². The second-order valence-corrected chi connectivity index (χ2v) is 5.43. The normalized spacial score (nSPS) is 10.9. The number of esters is 1. The molecule has 0 unspecified atom stereocenters. The molecule has 0 fully saturated rings. The summed E-state index contributed by atoms with van der Waals surface area (Å²) in [7, 11) is 2.88. The van der Waals surface area contributed by atoms with Crippen LogP contribution in [0.15, 0.2) is 42.5 Å². The molecule has 0 saturated carbocycles. The van der Waals surface area contributed by atoms with Gasteiger partial charge in [-0.25, -0.2) is 4.79 Å². The van der Waals surface area contributed by atoms with Gasteiger partial charge in [0.15, 0.2) is 11.5 Å². The van der Waals surface area contributed by atoms with E-state index in [4.69, 9.17) is 25.8 Å². The number of ether oxygens (including phenoxy) is 3. The lowest BCUT2D eigenvalue weighted by Gasteiger charge is -2.10. The minimum atomic E-state index is -0.527. The highest BCUT2D eigenvalue weighted by Crippen LogP contribution is 2.30. The van der Waals surface area contributed by atoms with Crippen LogP contribution in [-0.2, 0) is 9.53 Å². The fraction of sp³-hybridized carbons (Fsp3) is 0.158. The number of carbonyl (C=O) groups excluding carboxylic acids is 1. The second kappa shape index (κ2) is 8.88. The Labute approximate surface area is 151 Å². The third-order valence-corrected chi connectivity index (χ3v) is 3.48. The number of halogens is 1. The predicted octanol–water partition coefficient (Wildman–Crippen LogP) is 3.96. The molecule has 0 saturated heterocycles. The summed E-state index contributed by atoms with van der Waals surface area (Å²) >= 11 is 5.98. The largest absolute Gasteiger partial charge is 0.493 e. The van der Waals surface area contributed by atoms with Crippen molar-refractivity contribution in [2.24, 2.45) is 0 Å². The van der Waals surface area contributed by atoms with Crippen molar-refractivity contribution in [1.82, 2.24) is 0 Å². The molecule has 128 valence electrons. The van der Waals surface area contributed by atoms with Crippen molar-refractivity contribution >= 4 is 29.2 Å². The van der Waals surface area contributed by atoms with Crippen molar-refractivity contribution in [1.29, 1.82) is 5.26 Å². The van der Waals surface area contributed by atoms with E-state index in [1.54, 1.807) is 48.5 Å². The van der Waals surface area contributed by atoms with Crippen LogP contribution in [0.2, 0.25) is 5.02 Å². The molecule has 6 heteroatoms. The van der Waals surface area contributed by atoms with Gasteiger partial charge in [0.2, 0.25) is 0 Å². The second-order valence-electron chi connectivity index (χ2n) is 5.00. The Bertz CT molecular complexity index is 840. The number of rotatable bonds is 6. The third kappa shape index (κ3) is 5.08. The molecule has 0 radical (unpaired) electrons. The van der Waals surface area contributed by atoms with Gasteiger partial charge in [0.25, 0.3) is 0 Å². The molecule has 0 aliphatic carbocycles. The van der Waals surface area contributed by atoms with E-state index in [1.807, 2.05) is 0 Å². The first kappa shape index (κ1) is 18.5. The lowest BCUT2D eigenvalue weighted by Crippen LogP contribution is -2.14. The van der Waals surface area contributed by atoms with Gasteiger partial charge in [-0.2, -0.15) is 5.26 Å². The van der Waals surface area contributed by atoms with Gasteiger partial charge in [-0.05, 0) is 41.5 Å². The van der Waals surface area contributed by atoms with Crippen LogP contribution in [0.4, 0.5) is 0 Å². The van der Waals surface area contributed by atoms with E-state index in [-0.39, 0.29) is 12.4 Å². The quantitative estimate of drug-likeness (QED) is 0.339. The number of hydrogen-bond acceptors (Lipinski definition) is 5. The average Bonchev–Trinajstić information content (AvgIpc) is 2.60. The monoisotopic (exact) mass is 357 g/mol. The zero-order valence-corrected chi connectivity index (χ0v) is 14.5.